The molecule has 0 fully saturated rings. The van der Waals surface area contributed by atoms with Gasteiger partial charge in [-0.25, -0.2) is 9.48 Å². The lowest BCUT2D eigenvalue weighted by Crippen LogP contribution is -3.00. The number of anilines is 1. The van der Waals surface area contributed by atoms with Crippen LogP contribution in [0.25, 0.3) is 0 Å². The molecular weight excluding hydrogens is 380 g/mol. The number of thioether (sulfide) groups is 1. The zero-order chi connectivity index (χ0) is 14.3. The molecule has 4 rings (SSSR count). The molecule has 1 N–H and O–H groups in total. The average molecular weight is 397 g/mol. The Kier molecular flexibility index (Phi) is 4.64. The summed E-state index contributed by atoms with van der Waals surface area (Å²) in [6.45, 7) is 1.51. The summed E-state index contributed by atoms with van der Waals surface area (Å²) in [7, 11) is 0. The molecule has 1 unspecified atom stereocenters. The quantitative estimate of drug-likeness (QED) is 0.719. The topological polar surface area (TPSA) is 26.5 Å². The van der Waals surface area contributed by atoms with Crippen molar-refractivity contribution < 1.29 is 26.7 Å². The number of halogens is 1. The second-order valence-corrected chi connectivity index (χ2v) is 7.36. The molecule has 0 amide bonds. The lowest BCUT2D eigenvalue weighted by atomic mass is 10.1. The fraction of sp³-hybridized carbons (Fsp3) is 0.312. The van der Waals surface area contributed by atoms with Gasteiger partial charge in [0.05, 0.1) is 11.4 Å². The second-order valence-electron chi connectivity index (χ2n) is 5.35. The van der Waals surface area contributed by atoms with E-state index in [1.807, 2.05) is 35.3 Å². The summed E-state index contributed by atoms with van der Waals surface area (Å²) in [5.74, 6) is 1.12. The van der Waals surface area contributed by atoms with E-state index in [1.165, 1.54) is 5.17 Å². The van der Waals surface area contributed by atoms with Crippen molar-refractivity contribution in [2.24, 2.45) is 0 Å². The van der Waals surface area contributed by atoms with Crippen molar-refractivity contribution >= 4 is 34.0 Å². The van der Waals surface area contributed by atoms with Crippen molar-refractivity contribution in [3.63, 3.8) is 0 Å². The Morgan fingerprint density at radius 3 is 2.68 bits per heavy atom. The highest BCUT2D eigenvalue weighted by Gasteiger charge is 2.53. The number of para-hydroxylation sites is 1. The summed E-state index contributed by atoms with van der Waals surface area (Å²) in [6, 6.07) is 14.4. The maximum atomic E-state index is 11.3. The molecule has 1 aromatic carbocycles. The molecule has 0 saturated heterocycles. The first-order chi connectivity index (χ1) is 10.3. The molecule has 0 radical (unpaired) electrons. The van der Waals surface area contributed by atoms with E-state index in [0.29, 0.717) is 6.54 Å². The first-order valence-corrected chi connectivity index (χ1v) is 9.02. The number of β-amino-alcohol motifs (C(OH)–C–C–N with tert-alkyl or cyclic N) is 1. The van der Waals surface area contributed by atoms with Gasteiger partial charge < -0.3 is 22.1 Å². The van der Waals surface area contributed by atoms with Crippen LogP contribution in [0.1, 0.15) is 11.3 Å². The molecule has 22 heavy (non-hydrogen) atoms. The van der Waals surface area contributed by atoms with Crippen molar-refractivity contribution in [1.82, 2.24) is 0 Å². The van der Waals surface area contributed by atoms with Crippen LogP contribution in [-0.4, -0.2) is 33.7 Å². The lowest BCUT2D eigenvalue weighted by molar-refractivity contribution is -0.655. The molecule has 2 aromatic rings. The molecule has 2 aliphatic heterocycles. The van der Waals surface area contributed by atoms with Gasteiger partial charge in [0.25, 0.3) is 5.72 Å². The normalized spacial score (nSPS) is 24.1. The van der Waals surface area contributed by atoms with Crippen LogP contribution in [0.5, 0.6) is 0 Å². The van der Waals surface area contributed by atoms with Crippen LogP contribution < -0.4 is 21.9 Å². The van der Waals surface area contributed by atoms with Gasteiger partial charge >= 0.3 is 5.17 Å². The van der Waals surface area contributed by atoms with Crippen LogP contribution in [0.2, 0.25) is 0 Å². The highest BCUT2D eigenvalue weighted by atomic mass is 79.9. The Balaban J connectivity index is 0.00000144. The van der Waals surface area contributed by atoms with E-state index in [2.05, 4.69) is 33.7 Å². The standard InChI is InChI=1S/C16H17N2OS2.BrH/c19-16(14-8-4-10-20-14)12-17(13-6-2-1-3-7-13)15-18(16)9-5-11-21-15;/h1-4,6-8,10,19H,5,9,11-12H2;1H/q+1;/p-1. The Labute approximate surface area is 149 Å². The van der Waals surface area contributed by atoms with Crippen LogP contribution in [0.4, 0.5) is 5.69 Å². The van der Waals surface area contributed by atoms with Gasteiger partial charge in [-0.1, -0.05) is 24.3 Å². The number of rotatable bonds is 2. The molecule has 0 aliphatic carbocycles. The Morgan fingerprint density at radius 2 is 1.95 bits per heavy atom. The van der Waals surface area contributed by atoms with Gasteiger partial charge in [0.1, 0.15) is 5.69 Å². The summed E-state index contributed by atoms with van der Waals surface area (Å²) in [4.78, 5) is 3.28. The van der Waals surface area contributed by atoms with Crippen molar-refractivity contribution in [1.29, 1.82) is 0 Å². The van der Waals surface area contributed by atoms with Crippen molar-refractivity contribution in [2.45, 2.75) is 12.1 Å². The second kappa shape index (κ2) is 6.35. The third kappa shape index (κ3) is 2.52. The minimum absolute atomic E-state index is 0. The van der Waals surface area contributed by atoms with Gasteiger partial charge in [0.15, 0.2) is 6.54 Å². The molecule has 116 valence electrons. The van der Waals surface area contributed by atoms with E-state index in [-0.39, 0.29) is 17.0 Å². The minimum atomic E-state index is -0.896. The molecule has 0 saturated carbocycles. The van der Waals surface area contributed by atoms with E-state index in [4.69, 9.17) is 0 Å². The number of hydrogen-bond acceptors (Lipinski definition) is 4. The van der Waals surface area contributed by atoms with Gasteiger partial charge in [-0.3, -0.25) is 0 Å². The number of hydrogen-bond donors (Lipinski definition) is 1. The molecule has 0 bridgehead atoms. The highest BCUT2D eigenvalue weighted by molar-refractivity contribution is 8.13. The average Bonchev–Trinajstić information content (AvgIpc) is 3.17. The summed E-state index contributed by atoms with van der Waals surface area (Å²) >= 11 is 3.48. The van der Waals surface area contributed by atoms with E-state index in [9.17, 15) is 5.11 Å². The number of aliphatic hydroxyl groups is 1. The monoisotopic (exact) mass is 396 g/mol. The van der Waals surface area contributed by atoms with Crippen LogP contribution in [0, 0.1) is 0 Å². The molecule has 6 heteroatoms. The fourth-order valence-electron chi connectivity index (χ4n) is 3.03. The molecule has 3 nitrogen and oxygen atoms in total. The molecular formula is C16H17BrN2OS2. The molecule has 1 atom stereocenters. The Bertz CT molecular complexity index is 675. The maximum absolute atomic E-state index is 11.3. The van der Waals surface area contributed by atoms with E-state index in [1.54, 1.807) is 11.3 Å². The van der Waals surface area contributed by atoms with E-state index >= 15 is 0 Å². The van der Waals surface area contributed by atoms with Gasteiger partial charge in [-0.05, 0) is 41.8 Å². The van der Waals surface area contributed by atoms with Crippen LogP contribution in [0.3, 0.4) is 0 Å². The van der Waals surface area contributed by atoms with Crippen molar-refractivity contribution in [2.75, 3.05) is 23.7 Å². The SMILES string of the molecule is OC1(c2cccs2)CN(c2ccccc2)C2=[N+]1CCCS2.[Br-]. The predicted molar refractivity (Wildman–Crippen MR) is 89.2 cm³/mol. The summed E-state index contributed by atoms with van der Waals surface area (Å²) in [5.41, 5.74) is 0.256. The Morgan fingerprint density at radius 1 is 1.14 bits per heavy atom. The molecule has 3 heterocycles. The van der Waals surface area contributed by atoms with E-state index in [0.717, 1.165) is 29.3 Å². The first-order valence-electron chi connectivity index (χ1n) is 7.15. The van der Waals surface area contributed by atoms with Gasteiger partial charge in [0.2, 0.25) is 0 Å². The number of benzene rings is 1. The smallest absolute Gasteiger partial charge is 0.316 e. The summed E-state index contributed by atoms with van der Waals surface area (Å²) in [5, 5.41) is 14.6. The highest BCUT2D eigenvalue weighted by Crippen LogP contribution is 2.38. The fourth-order valence-corrected chi connectivity index (χ4v) is 5.03. The zero-order valence-corrected chi connectivity index (χ0v) is 15.2. The maximum Gasteiger partial charge on any atom is 0.316 e. The van der Waals surface area contributed by atoms with Gasteiger partial charge in [-0.15, -0.1) is 11.3 Å². The van der Waals surface area contributed by atoms with Gasteiger partial charge in [0, 0.05) is 5.75 Å². The summed E-state index contributed by atoms with van der Waals surface area (Å²) in [6.07, 6.45) is 1.12. The van der Waals surface area contributed by atoms with Crippen molar-refractivity contribution in [3.05, 3.63) is 52.7 Å². The first kappa shape index (κ1) is 16.1. The number of amidine groups is 1. The van der Waals surface area contributed by atoms with Crippen LogP contribution in [-0.2, 0) is 5.72 Å². The largest absolute Gasteiger partial charge is 1.00 e. The summed E-state index contributed by atoms with van der Waals surface area (Å²) < 4.78 is 2.18. The third-order valence-corrected chi connectivity index (χ3v) is 6.23. The van der Waals surface area contributed by atoms with Gasteiger partial charge in [-0.2, -0.15) is 0 Å². The lowest BCUT2D eigenvalue weighted by Gasteiger charge is -2.22. The third-order valence-electron chi connectivity index (χ3n) is 4.03. The van der Waals surface area contributed by atoms with Crippen LogP contribution >= 0.6 is 23.1 Å². The zero-order valence-electron chi connectivity index (χ0n) is 12.0. The number of thiophene rings is 1. The molecule has 1 aromatic heterocycles. The Hall–Kier alpha value is -0.820. The molecule has 0 spiro atoms. The molecule has 2 aliphatic rings. The number of nitrogens with zero attached hydrogens (tertiary/aromatic N) is 2. The predicted octanol–water partition coefficient (Wildman–Crippen LogP) is -0.0772. The van der Waals surface area contributed by atoms with Crippen molar-refractivity contribution in [3.8, 4) is 0 Å². The minimum Gasteiger partial charge on any atom is -1.00 e. The van der Waals surface area contributed by atoms with Crippen LogP contribution in [0.15, 0.2) is 47.8 Å². The van der Waals surface area contributed by atoms with E-state index < -0.39 is 5.72 Å².